The van der Waals surface area contributed by atoms with Crippen molar-refractivity contribution in [3.63, 3.8) is 0 Å². The van der Waals surface area contributed by atoms with Gasteiger partial charge >= 0.3 is 5.97 Å². The van der Waals surface area contributed by atoms with Gasteiger partial charge < -0.3 is 15.0 Å². The normalized spacial score (nSPS) is 17.3. The standard InChI is InChI=1S/C19H22N4O5/c1-12-4-3-7-22(10-12)16-6-5-14(8-17(16)23(26)27)19(25)28-11-18(24)15(9-20)13(2)21/h5-6,8,12,15,21H,3-4,7,10-11H2,1-2H3/t12-,15-/m1/s1. The maximum atomic E-state index is 12.2. The molecule has 0 spiro atoms. The van der Waals surface area contributed by atoms with Gasteiger partial charge in [0, 0.05) is 24.9 Å². The van der Waals surface area contributed by atoms with E-state index in [0.717, 1.165) is 18.9 Å². The van der Waals surface area contributed by atoms with E-state index in [-0.39, 0.29) is 17.0 Å². The van der Waals surface area contributed by atoms with E-state index in [4.69, 9.17) is 15.4 Å². The topological polar surface area (TPSA) is 137 Å². The van der Waals surface area contributed by atoms with E-state index in [0.29, 0.717) is 24.7 Å². The van der Waals surface area contributed by atoms with E-state index in [2.05, 4.69) is 6.92 Å². The zero-order chi connectivity index (χ0) is 20.8. The number of anilines is 1. The molecule has 28 heavy (non-hydrogen) atoms. The second-order valence-corrected chi connectivity index (χ2v) is 6.94. The minimum absolute atomic E-state index is 0.0478. The Labute approximate surface area is 162 Å². The molecule has 1 N–H and O–H groups in total. The van der Waals surface area contributed by atoms with Crippen molar-refractivity contribution >= 4 is 28.8 Å². The third-order valence-corrected chi connectivity index (χ3v) is 4.64. The van der Waals surface area contributed by atoms with Crippen molar-refractivity contribution in [2.75, 3.05) is 24.6 Å². The van der Waals surface area contributed by atoms with Gasteiger partial charge in [0.25, 0.3) is 5.69 Å². The molecule has 0 bridgehead atoms. The van der Waals surface area contributed by atoms with Gasteiger partial charge in [-0.15, -0.1) is 0 Å². The maximum Gasteiger partial charge on any atom is 0.338 e. The van der Waals surface area contributed by atoms with Crippen LogP contribution in [-0.4, -0.2) is 42.1 Å². The first-order valence-electron chi connectivity index (χ1n) is 8.92. The summed E-state index contributed by atoms with van der Waals surface area (Å²) in [7, 11) is 0. The largest absolute Gasteiger partial charge is 0.454 e. The van der Waals surface area contributed by atoms with Gasteiger partial charge in [0.1, 0.15) is 11.6 Å². The number of ether oxygens (including phenoxy) is 1. The van der Waals surface area contributed by atoms with Crippen molar-refractivity contribution in [1.82, 2.24) is 0 Å². The summed E-state index contributed by atoms with van der Waals surface area (Å²) in [6.45, 7) is 4.15. The second-order valence-electron chi connectivity index (χ2n) is 6.94. The Morgan fingerprint density at radius 2 is 2.21 bits per heavy atom. The number of carbonyl (C=O) groups is 2. The molecule has 1 aliphatic heterocycles. The van der Waals surface area contributed by atoms with Crippen LogP contribution in [0.15, 0.2) is 18.2 Å². The van der Waals surface area contributed by atoms with Crippen LogP contribution in [0.4, 0.5) is 11.4 Å². The fourth-order valence-electron chi connectivity index (χ4n) is 3.19. The highest BCUT2D eigenvalue weighted by Gasteiger charge is 2.26. The number of nitro groups is 1. The van der Waals surface area contributed by atoms with E-state index in [9.17, 15) is 19.7 Å². The summed E-state index contributed by atoms with van der Waals surface area (Å²) in [5.41, 5.74) is 0.0703. The third kappa shape index (κ3) is 4.91. The number of nitro benzene ring substituents is 1. The lowest BCUT2D eigenvalue weighted by Gasteiger charge is -2.32. The van der Waals surface area contributed by atoms with Crippen molar-refractivity contribution in [2.24, 2.45) is 11.8 Å². The summed E-state index contributed by atoms with van der Waals surface area (Å²) in [4.78, 5) is 37.0. The minimum Gasteiger partial charge on any atom is -0.454 e. The van der Waals surface area contributed by atoms with Crippen molar-refractivity contribution < 1.29 is 19.2 Å². The number of nitrogens with zero attached hydrogens (tertiary/aromatic N) is 3. The lowest BCUT2D eigenvalue weighted by atomic mass is 9.99. The van der Waals surface area contributed by atoms with Crippen LogP contribution in [0.25, 0.3) is 0 Å². The van der Waals surface area contributed by atoms with Crippen LogP contribution in [0.2, 0.25) is 0 Å². The molecule has 1 aromatic carbocycles. The molecule has 0 radical (unpaired) electrons. The van der Waals surface area contributed by atoms with Crippen molar-refractivity contribution in [2.45, 2.75) is 26.7 Å². The number of benzene rings is 1. The van der Waals surface area contributed by atoms with E-state index >= 15 is 0 Å². The smallest absolute Gasteiger partial charge is 0.338 e. The number of carbonyl (C=O) groups excluding carboxylic acids is 2. The molecule has 0 unspecified atom stereocenters. The van der Waals surface area contributed by atoms with E-state index in [1.165, 1.54) is 19.1 Å². The molecule has 1 saturated heterocycles. The number of ketones is 1. The Kier molecular flexibility index (Phi) is 6.82. The SMILES string of the molecule is CC(=N)[C@@H](C#N)C(=O)COC(=O)c1ccc(N2CCC[C@@H](C)C2)c([N+](=O)[O-])c1. The Morgan fingerprint density at radius 3 is 2.79 bits per heavy atom. The number of nitrogens with one attached hydrogen (secondary N) is 1. The Morgan fingerprint density at radius 1 is 1.50 bits per heavy atom. The molecule has 1 fully saturated rings. The molecule has 0 amide bonds. The van der Waals surface area contributed by atoms with Gasteiger partial charge in [0.15, 0.2) is 12.4 Å². The first kappa shape index (κ1) is 21.0. The maximum absolute atomic E-state index is 12.2. The Balaban J connectivity index is 2.15. The average Bonchev–Trinajstić information content (AvgIpc) is 2.65. The Hall–Kier alpha value is -3.28. The summed E-state index contributed by atoms with van der Waals surface area (Å²) in [5.74, 6) is -2.45. The van der Waals surface area contributed by atoms with E-state index < -0.39 is 29.2 Å². The predicted molar refractivity (Wildman–Crippen MR) is 102 cm³/mol. The minimum atomic E-state index is -1.27. The third-order valence-electron chi connectivity index (χ3n) is 4.64. The van der Waals surface area contributed by atoms with Gasteiger partial charge in [-0.1, -0.05) is 6.92 Å². The Bertz CT molecular complexity index is 845. The molecule has 9 nitrogen and oxygen atoms in total. The van der Waals surface area contributed by atoms with Crippen LogP contribution in [0.3, 0.4) is 0 Å². The number of piperidine rings is 1. The fraction of sp³-hybridized carbons (Fsp3) is 0.474. The highest BCUT2D eigenvalue weighted by Crippen LogP contribution is 2.32. The zero-order valence-electron chi connectivity index (χ0n) is 15.8. The summed E-state index contributed by atoms with van der Waals surface area (Å²) < 4.78 is 4.89. The molecular formula is C19H22N4O5. The highest BCUT2D eigenvalue weighted by molar-refractivity contribution is 6.06. The molecular weight excluding hydrogens is 364 g/mol. The number of hydrogen-bond acceptors (Lipinski definition) is 8. The summed E-state index contributed by atoms with van der Waals surface area (Å²) in [5, 5.41) is 27.8. The van der Waals surface area contributed by atoms with Crippen molar-refractivity contribution in [1.29, 1.82) is 10.7 Å². The summed E-state index contributed by atoms with van der Waals surface area (Å²) >= 11 is 0. The van der Waals surface area contributed by atoms with Gasteiger partial charge in [-0.2, -0.15) is 5.26 Å². The number of rotatable bonds is 7. The fourth-order valence-corrected chi connectivity index (χ4v) is 3.19. The number of esters is 1. The lowest BCUT2D eigenvalue weighted by molar-refractivity contribution is -0.384. The van der Waals surface area contributed by atoms with Crippen LogP contribution >= 0.6 is 0 Å². The molecule has 2 atom stereocenters. The van der Waals surface area contributed by atoms with Gasteiger partial charge in [-0.3, -0.25) is 14.9 Å². The molecule has 9 heteroatoms. The first-order valence-corrected chi connectivity index (χ1v) is 8.92. The molecule has 0 aromatic heterocycles. The number of Topliss-reactive ketones (excluding diaryl/α,β-unsaturated/α-hetero) is 1. The van der Waals surface area contributed by atoms with Gasteiger partial charge in [-0.05, 0) is 37.8 Å². The van der Waals surface area contributed by atoms with Crippen molar-refractivity contribution in [3.05, 3.63) is 33.9 Å². The summed E-state index contributed by atoms with van der Waals surface area (Å²) in [6.07, 6.45) is 2.01. The van der Waals surface area contributed by atoms with Gasteiger partial charge in [0.05, 0.1) is 16.6 Å². The lowest BCUT2D eigenvalue weighted by Crippen LogP contribution is -2.34. The highest BCUT2D eigenvalue weighted by atomic mass is 16.6. The van der Waals surface area contributed by atoms with Crippen LogP contribution in [0.5, 0.6) is 0 Å². The quantitative estimate of drug-likeness (QED) is 0.329. The monoisotopic (exact) mass is 386 g/mol. The van der Waals surface area contributed by atoms with Crippen molar-refractivity contribution in [3.8, 4) is 6.07 Å². The van der Waals surface area contributed by atoms with Crippen LogP contribution in [0.1, 0.15) is 37.0 Å². The molecule has 1 aromatic rings. The van der Waals surface area contributed by atoms with Crippen LogP contribution < -0.4 is 4.90 Å². The molecule has 148 valence electrons. The zero-order valence-corrected chi connectivity index (χ0v) is 15.8. The number of nitriles is 1. The van der Waals surface area contributed by atoms with Crippen LogP contribution in [0, 0.1) is 38.7 Å². The van der Waals surface area contributed by atoms with Gasteiger partial charge in [-0.25, -0.2) is 4.79 Å². The second kappa shape index (κ2) is 9.08. The number of hydrogen-bond donors (Lipinski definition) is 1. The van der Waals surface area contributed by atoms with Crippen LogP contribution in [-0.2, 0) is 9.53 Å². The average molecular weight is 386 g/mol. The molecule has 0 saturated carbocycles. The van der Waals surface area contributed by atoms with E-state index in [1.807, 2.05) is 4.90 Å². The molecule has 0 aliphatic carbocycles. The first-order chi connectivity index (χ1) is 13.2. The summed E-state index contributed by atoms with van der Waals surface area (Å²) in [6, 6.07) is 5.77. The molecule has 1 aliphatic rings. The molecule has 2 rings (SSSR count). The van der Waals surface area contributed by atoms with E-state index in [1.54, 1.807) is 6.07 Å². The molecule has 1 heterocycles. The van der Waals surface area contributed by atoms with Gasteiger partial charge in [0.2, 0.25) is 0 Å². The predicted octanol–water partition coefficient (Wildman–Crippen LogP) is 2.74.